The van der Waals surface area contributed by atoms with E-state index in [1.54, 1.807) is 6.08 Å². The predicted molar refractivity (Wildman–Crippen MR) is 170 cm³/mol. The maximum atomic E-state index is 14.0. The number of aromatic nitrogens is 3. The number of methoxy groups -OCH3 is 1. The number of aromatic amines is 3. The Bertz CT molecular complexity index is 2020. The van der Waals surface area contributed by atoms with Crippen molar-refractivity contribution in [1.82, 2.24) is 20.3 Å². The Morgan fingerprint density at radius 2 is 1.70 bits per heavy atom. The number of hydrogen-bond acceptors (Lipinski definition) is 5. The molecule has 0 spiro atoms. The van der Waals surface area contributed by atoms with E-state index in [9.17, 15) is 19.5 Å². The standard InChI is InChI=1S/C35H36N4O5/c1-8-19-15(3)22-12-24-17(5)21(10-11-28(40)41)32(38-24)30-31(35(43)44-7)34(42)29-18(6)25(39-33(29)30)14-27-20(9-2)16(4)23(37-27)13-26(19)36-22/h8,10,12-14,17,31,36-39H,1,9,11H2,2-7H3,(H,40,41)/b21-10+,23-13-,24-12-,27-14-,32-30-/t17-,31+/m0/s1. The molecule has 0 amide bonds. The molecule has 1 fully saturated rings. The third-order valence-electron chi connectivity index (χ3n) is 9.30. The Balaban J connectivity index is 1.77. The minimum absolute atomic E-state index is 0.215. The molecule has 8 bridgehead atoms. The second-order valence-corrected chi connectivity index (χ2v) is 11.6. The summed E-state index contributed by atoms with van der Waals surface area (Å²) in [6, 6.07) is 0. The number of carboxylic acids is 1. The largest absolute Gasteiger partial charge is 0.481 e. The van der Waals surface area contributed by atoms with Gasteiger partial charge in [-0.05, 0) is 73.2 Å². The van der Waals surface area contributed by atoms with Crippen LogP contribution in [-0.2, 0) is 20.7 Å². The summed E-state index contributed by atoms with van der Waals surface area (Å²) in [6.07, 6.45) is 10.2. The van der Waals surface area contributed by atoms with E-state index in [2.05, 4.69) is 46.8 Å². The molecule has 0 aromatic carbocycles. The Morgan fingerprint density at radius 1 is 1.00 bits per heavy atom. The number of ketones is 1. The van der Waals surface area contributed by atoms with Crippen LogP contribution in [0.2, 0.25) is 0 Å². The number of allylic oxidation sites excluding steroid dienone is 2. The van der Waals surface area contributed by atoms with Crippen LogP contribution in [0.4, 0.5) is 0 Å². The van der Waals surface area contributed by atoms with Crippen LogP contribution in [0.15, 0.2) is 29.6 Å². The van der Waals surface area contributed by atoms with Gasteiger partial charge in [-0.3, -0.25) is 14.4 Å². The van der Waals surface area contributed by atoms with Crippen LogP contribution in [0.1, 0.15) is 81.2 Å². The Labute approximate surface area is 254 Å². The molecule has 0 unspecified atom stereocenters. The minimum atomic E-state index is -1.19. The van der Waals surface area contributed by atoms with Crippen molar-refractivity contribution in [2.24, 2.45) is 11.8 Å². The molecule has 9 heteroatoms. The molecule has 226 valence electrons. The lowest BCUT2D eigenvalue weighted by molar-refractivity contribution is -0.142. The maximum absolute atomic E-state index is 14.0. The summed E-state index contributed by atoms with van der Waals surface area (Å²) in [5, 5.41) is 15.0. The van der Waals surface area contributed by atoms with Gasteiger partial charge in [0.15, 0.2) is 5.78 Å². The molecule has 3 aromatic heterocycles. The fourth-order valence-electron chi connectivity index (χ4n) is 6.89. The van der Waals surface area contributed by atoms with Gasteiger partial charge in [-0.1, -0.05) is 32.6 Å². The molecule has 3 aliphatic rings. The molecule has 9 nitrogen and oxygen atoms in total. The summed E-state index contributed by atoms with van der Waals surface area (Å²) in [4.78, 5) is 49.5. The molecule has 44 heavy (non-hydrogen) atoms. The van der Waals surface area contributed by atoms with Gasteiger partial charge in [-0.2, -0.15) is 0 Å². The Hall–Kier alpha value is -5.05. The van der Waals surface area contributed by atoms with Crippen molar-refractivity contribution in [3.05, 3.63) is 96.5 Å². The van der Waals surface area contributed by atoms with Crippen LogP contribution >= 0.6 is 0 Å². The topological polar surface area (TPSA) is 140 Å². The Morgan fingerprint density at radius 3 is 2.36 bits per heavy atom. The summed E-state index contributed by atoms with van der Waals surface area (Å²) in [6.45, 7) is 14.2. The van der Waals surface area contributed by atoms with E-state index in [4.69, 9.17) is 4.74 Å². The summed E-state index contributed by atoms with van der Waals surface area (Å²) >= 11 is 0. The number of H-pyrrole nitrogens is 3. The molecular weight excluding hydrogens is 556 g/mol. The fourth-order valence-corrected chi connectivity index (χ4v) is 6.89. The highest BCUT2D eigenvalue weighted by Crippen LogP contribution is 2.47. The summed E-state index contributed by atoms with van der Waals surface area (Å²) in [5.74, 6) is -3.44. The van der Waals surface area contributed by atoms with Crippen molar-refractivity contribution in [3.8, 4) is 0 Å². The number of fused-ring (bicyclic) bond motifs is 7. The molecule has 6 rings (SSSR count). The van der Waals surface area contributed by atoms with Gasteiger partial charge in [0.1, 0.15) is 5.92 Å². The summed E-state index contributed by atoms with van der Waals surface area (Å²) < 4.78 is 5.13. The second-order valence-electron chi connectivity index (χ2n) is 11.6. The Kier molecular flexibility index (Phi) is 6.99. The monoisotopic (exact) mass is 592 g/mol. The average molecular weight is 593 g/mol. The smallest absolute Gasteiger partial charge is 0.321 e. The van der Waals surface area contributed by atoms with Crippen molar-refractivity contribution in [1.29, 1.82) is 0 Å². The van der Waals surface area contributed by atoms with Gasteiger partial charge in [-0.15, -0.1) is 0 Å². The van der Waals surface area contributed by atoms with Crippen LogP contribution in [0.5, 0.6) is 0 Å². The van der Waals surface area contributed by atoms with Gasteiger partial charge in [0.05, 0.1) is 19.2 Å². The zero-order valence-corrected chi connectivity index (χ0v) is 25.7. The normalized spacial score (nSPS) is 23.8. The fraction of sp³-hybridized carbons (Fsp3) is 0.286. The van der Waals surface area contributed by atoms with E-state index in [0.29, 0.717) is 28.1 Å². The number of carbonyl (C=O) groups is 3. The summed E-state index contributed by atoms with van der Waals surface area (Å²) in [7, 11) is 1.27. The van der Waals surface area contributed by atoms with Crippen molar-refractivity contribution >= 4 is 47.6 Å². The van der Waals surface area contributed by atoms with E-state index in [0.717, 1.165) is 67.7 Å². The highest BCUT2D eigenvalue weighted by molar-refractivity contribution is 6.24. The maximum Gasteiger partial charge on any atom is 0.321 e. The number of carbonyl (C=O) groups excluding carboxylic acids is 2. The van der Waals surface area contributed by atoms with Gasteiger partial charge < -0.3 is 30.1 Å². The van der Waals surface area contributed by atoms with E-state index >= 15 is 0 Å². The molecular formula is C35H36N4O5. The molecule has 1 saturated heterocycles. The van der Waals surface area contributed by atoms with E-state index in [1.165, 1.54) is 7.11 Å². The van der Waals surface area contributed by atoms with Gasteiger partial charge in [0.25, 0.3) is 0 Å². The third kappa shape index (κ3) is 4.25. The first kappa shape index (κ1) is 29.0. The van der Waals surface area contributed by atoms with E-state index in [1.807, 2.05) is 39.0 Å². The van der Waals surface area contributed by atoms with Crippen LogP contribution < -0.4 is 16.0 Å². The van der Waals surface area contributed by atoms with Gasteiger partial charge in [0, 0.05) is 61.8 Å². The number of hydrogen-bond donors (Lipinski definition) is 5. The molecule has 0 radical (unpaired) electrons. The molecule has 1 aliphatic carbocycles. The lowest BCUT2D eigenvalue weighted by atomic mass is 9.91. The minimum Gasteiger partial charge on any atom is -0.481 e. The first-order valence-electron chi connectivity index (χ1n) is 14.8. The lowest BCUT2D eigenvalue weighted by Crippen LogP contribution is -2.24. The van der Waals surface area contributed by atoms with Crippen LogP contribution in [0.25, 0.3) is 29.9 Å². The van der Waals surface area contributed by atoms with E-state index < -0.39 is 17.9 Å². The summed E-state index contributed by atoms with van der Waals surface area (Å²) in [5.41, 5.74) is 11.0. The molecule has 5 heterocycles. The van der Waals surface area contributed by atoms with Crippen molar-refractivity contribution in [3.63, 3.8) is 0 Å². The second kappa shape index (κ2) is 10.6. The number of esters is 1. The number of aliphatic carboxylic acids is 1. The van der Waals surface area contributed by atoms with Crippen molar-refractivity contribution < 1.29 is 24.2 Å². The number of Topliss-reactive ketones (excluding diaryl/α,β-unsaturated/α-hetero) is 1. The molecule has 3 aromatic rings. The predicted octanol–water partition coefficient (Wildman–Crippen LogP) is 4.15. The molecule has 0 saturated carbocycles. The molecule has 2 aliphatic heterocycles. The van der Waals surface area contributed by atoms with Gasteiger partial charge in [-0.25, -0.2) is 0 Å². The highest BCUT2D eigenvalue weighted by atomic mass is 16.5. The number of nitrogens with one attached hydrogen (secondary N) is 4. The van der Waals surface area contributed by atoms with Gasteiger partial charge >= 0.3 is 11.9 Å². The van der Waals surface area contributed by atoms with E-state index in [-0.39, 0.29) is 18.1 Å². The van der Waals surface area contributed by atoms with Crippen molar-refractivity contribution in [2.45, 2.75) is 47.5 Å². The van der Waals surface area contributed by atoms with Crippen LogP contribution in [0, 0.1) is 32.6 Å². The average Bonchev–Trinajstić information content (AvgIpc) is 3.72. The zero-order chi connectivity index (χ0) is 31.6. The first-order valence-corrected chi connectivity index (χ1v) is 14.8. The van der Waals surface area contributed by atoms with Gasteiger partial charge in [0.2, 0.25) is 0 Å². The van der Waals surface area contributed by atoms with Crippen molar-refractivity contribution in [2.75, 3.05) is 7.11 Å². The third-order valence-corrected chi connectivity index (χ3v) is 9.30. The molecule has 2 atom stereocenters. The number of carboxylic acid groups (broad SMARTS) is 1. The SMILES string of the molecule is C=Cc1c2[nH]c(c1C)/C=C1\NC(=C3\c4[nH]c(c(C)c4C(=O)[C@@H]3C(=O)OC)/C=c3\[nH]/c(c(C)c3CC)=C\2)/C(=C/CC(=O)O)[C@@H]1C. The zero-order valence-electron chi connectivity index (χ0n) is 25.7. The first-order chi connectivity index (χ1) is 21.0. The number of rotatable bonds is 5. The molecule has 5 N–H and O–H groups in total. The van der Waals surface area contributed by atoms with Crippen LogP contribution in [-0.4, -0.2) is 44.9 Å². The number of ether oxygens (including phenoxy) is 1. The highest BCUT2D eigenvalue weighted by Gasteiger charge is 2.47. The lowest BCUT2D eigenvalue weighted by Gasteiger charge is -2.14. The van der Waals surface area contributed by atoms with Crippen LogP contribution in [0.3, 0.4) is 0 Å². The quantitative estimate of drug-likeness (QED) is 0.223.